The number of hydrogen-bond acceptors (Lipinski definition) is 3. The van der Waals surface area contributed by atoms with Crippen LogP contribution in [0.3, 0.4) is 0 Å². The predicted octanol–water partition coefficient (Wildman–Crippen LogP) is 1.54. The summed E-state index contributed by atoms with van der Waals surface area (Å²) in [5.74, 6) is 0. The van der Waals surface area contributed by atoms with Crippen molar-refractivity contribution in [1.29, 1.82) is 0 Å². The molecular formula is C13H19NO2. The van der Waals surface area contributed by atoms with Crippen LogP contribution in [0.1, 0.15) is 17.2 Å². The molecule has 0 spiro atoms. The van der Waals surface area contributed by atoms with Gasteiger partial charge in [0, 0.05) is 20.2 Å². The predicted molar refractivity (Wildman–Crippen MR) is 63.6 cm³/mol. The third kappa shape index (κ3) is 3.04. The van der Waals surface area contributed by atoms with Gasteiger partial charge in [-0.05, 0) is 17.5 Å². The minimum absolute atomic E-state index is 0.213. The summed E-state index contributed by atoms with van der Waals surface area (Å²) in [6, 6.07) is 8.63. The van der Waals surface area contributed by atoms with Crippen LogP contribution >= 0.6 is 0 Å². The van der Waals surface area contributed by atoms with Gasteiger partial charge in [0.15, 0.2) is 0 Å². The van der Waals surface area contributed by atoms with Gasteiger partial charge in [0.2, 0.25) is 0 Å². The maximum absolute atomic E-state index is 5.70. The quantitative estimate of drug-likeness (QED) is 0.836. The SMILES string of the molecule is COCCc1ccc(C2CNCCO2)cc1. The van der Waals surface area contributed by atoms with Crippen molar-refractivity contribution in [3.63, 3.8) is 0 Å². The number of ether oxygens (including phenoxy) is 2. The van der Waals surface area contributed by atoms with Crippen LogP contribution in [0.15, 0.2) is 24.3 Å². The molecule has 1 heterocycles. The van der Waals surface area contributed by atoms with Crippen molar-refractivity contribution in [1.82, 2.24) is 5.32 Å². The van der Waals surface area contributed by atoms with Crippen LogP contribution in [-0.4, -0.2) is 33.4 Å². The molecule has 1 aromatic carbocycles. The average molecular weight is 221 g/mol. The summed E-state index contributed by atoms with van der Waals surface area (Å²) in [6.07, 6.45) is 1.19. The Bertz CT molecular complexity index is 304. The van der Waals surface area contributed by atoms with Gasteiger partial charge in [0.05, 0.1) is 19.3 Å². The highest BCUT2D eigenvalue weighted by atomic mass is 16.5. The first-order valence-electron chi connectivity index (χ1n) is 5.80. The Balaban J connectivity index is 1.95. The van der Waals surface area contributed by atoms with E-state index in [-0.39, 0.29) is 6.10 Å². The summed E-state index contributed by atoms with van der Waals surface area (Å²) >= 11 is 0. The smallest absolute Gasteiger partial charge is 0.0949 e. The van der Waals surface area contributed by atoms with Crippen LogP contribution < -0.4 is 5.32 Å². The summed E-state index contributed by atoms with van der Waals surface area (Å²) in [7, 11) is 1.73. The molecule has 1 aliphatic heterocycles. The topological polar surface area (TPSA) is 30.5 Å². The van der Waals surface area contributed by atoms with E-state index in [0.717, 1.165) is 32.7 Å². The lowest BCUT2D eigenvalue weighted by Gasteiger charge is -2.24. The Morgan fingerprint density at radius 3 is 2.81 bits per heavy atom. The number of rotatable bonds is 4. The first kappa shape index (κ1) is 11.6. The molecule has 3 nitrogen and oxygen atoms in total. The van der Waals surface area contributed by atoms with Crippen molar-refractivity contribution in [2.75, 3.05) is 33.4 Å². The highest BCUT2D eigenvalue weighted by Gasteiger charge is 2.14. The second-order valence-electron chi connectivity index (χ2n) is 4.05. The van der Waals surface area contributed by atoms with Gasteiger partial charge in [-0.3, -0.25) is 0 Å². The van der Waals surface area contributed by atoms with Gasteiger partial charge < -0.3 is 14.8 Å². The number of methoxy groups -OCH3 is 1. The molecule has 1 N–H and O–H groups in total. The lowest BCUT2D eigenvalue weighted by molar-refractivity contribution is 0.0277. The van der Waals surface area contributed by atoms with Crippen molar-refractivity contribution < 1.29 is 9.47 Å². The fourth-order valence-electron chi connectivity index (χ4n) is 1.90. The van der Waals surface area contributed by atoms with Crippen molar-refractivity contribution >= 4 is 0 Å². The van der Waals surface area contributed by atoms with Gasteiger partial charge in [0.1, 0.15) is 0 Å². The summed E-state index contributed by atoms with van der Waals surface area (Å²) in [6.45, 7) is 3.46. The van der Waals surface area contributed by atoms with Crippen LogP contribution in [0.2, 0.25) is 0 Å². The molecule has 1 aliphatic rings. The van der Waals surface area contributed by atoms with Gasteiger partial charge in [-0.2, -0.15) is 0 Å². The van der Waals surface area contributed by atoms with E-state index >= 15 is 0 Å². The van der Waals surface area contributed by atoms with Gasteiger partial charge in [-0.25, -0.2) is 0 Å². The Morgan fingerprint density at radius 2 is 2.19 bits per heavy atom. The lowest BCUT2D eigenvalue weighted by atomic mass is 10.0. The van der Waals surface area contributed by atoms with Crippen molar-refractivity contribution in [2.24, 2.45) is 0 Å². The third-order valence-electron chi connectivity index (χ3n) is 2.87. The maximum Gasteiger partial charge on any atom is 0.0949 e. The Hall–Kier alpha value is -0.900. The zero-order chi connectivity index (χ0) is 11.2. The van der Waals surface area contributed by atoms with E-state index in [4.69, 9.17) is 9.47 Å². The first-order valence-corrected chi connectivity index (χ1v) is 5.80. The fraction of sp³-hybridized carbons (Fsp3) is 0.538. The number of benzene rings is 1. The highest BCUT2D eigenvalue weighted by Crippen LogP contribution is 2.19. The molecule has 0 aliphatic carbocycles. The second kappa shape index (κ2) is 5.99. The Labute approximate surface area is 96.8 Å². The molecule has 1 unspecified atom stereocenters. The third-order valence-corrected chi connectivity index (χ3v) is 2.87. The Kier molecular flexibility index (Phi) is 4.34. The highest BCUT2D eigenvalue weighted by molar-refractivity contribution is 5.25. The van der Waals surface area contributed by atoms with Gasteiger partial charge in [-0.1, -0.05) is 24.3 Å². The average Bonchev–Trinajstić information content (AvgIpc) is 2.38. The van der Waals surface area contributed by atoms with E-state index in [9.17, 15) is 0 Å². The molecule has 88 valence electrons. The number of nitrogens with one attached hydrogen (secondary N) is 1. The molecule has 1 fully saturated rings. The van der Waals surface area contributed by atoms with E-state index in [1.54, 1.807) is 7.11 Å². The van der Waals surface area contributed by atoms with Crippen molar-refractivity contribution in [3.05, 3.63) is 35.4 Å². The molecule has 1 aromatic rings. The molecule has 1 saturated heterocycles. The van der Waals surface area contributed by atoms with E-state index in [1.807, 2.05) is 0 Å². The van der Waals surface area contributed by atoms with Crippen LogP contribution in [-0.2, 0) is 15.9 Å². The molecule has 1 atom stereocenters. The molecule has 0 radical (unpaired) electrons. The molecule has 0 bridgehead atoms. The van der Waals surface area contributed by atoms with E-state index in [1.165, 1.54) is 11.1 Å². The summed E-state index contributed by atoms with van der Waals surface area (Å²) < 4.78 is 10.8. The summed E-state index contributed by atoms with van der Waals surface area (Å²) in [4.78, 5) is 0. The van der Waals surface area contributed by atoms with Gasteiger partial charge in [-0.15, -0.1) is 0 Å². The lowest BCUT2D eigenvalue weighted by Crippen LogP contribution is -2.33. The van der Waals surface area contributed by atoms with Crippen LogP contribution in [0.4, 0.5) is 0 Å². The zero-order valence-electron chi connectivity index (χ0n) is 9.74. The molecule has 0 aromatic heterocycles. The second-order valence-corrected chi connectivity index (χ2v) is 4.05. The van der Waals surface area contributed by atoms with E-state index in [0.29, 0.717) is 0 Å². The fourth-order valence-corrected chi connectivity index (χ4v) is 1.90. The minimum atomic E-state index is 0.213. The maximum atomic E-state index is 5.70. The van der Waals surface area contributed by atoms with Gasteiger partial charge >= 0.3 is 0 Å². The normalized spacial score (nSPS) is 20.9. The Morgan fingerprint density at radius 1 is 1.38 bits per heavy atom. The van der Waals surface area contributed by atoms with Crippen molar-refractivity contribution in [3.8, 4) is 0 Å². The molecule has 3 heteroatoms. The molecule has 0 saturated carbocycles. The minimum Gasteiger partial charge on any atom is -0.384 e. The molecular weight excluding hydrogens is 202 g/mol. The standard InChI is InChI=1S/C13H19NO2/c1-15-8-6-11-2-4-12(5-3-11)13-10-14-7-9-16-13/h2-5,13-14H,6-10H2,1H3. The number of hydrogen-bond donors (Lipinski definition) is 1. The van der Waals surface area contributed by atoms with Crippen LogP contribution in [0.5, 0.6) is 0 Å². The van der Waals surface area contributed by atoms with Crippen molar-refractivity contribution in [2.45, 2.75) is 12.5 Å². The van der Waals surface area contributed by atoms with E-state index in [2.05, 4.69) is 29.6 Å². The van der Waals surface area contributed by atoms with E-state index < -0.39 is 0 Å². The molecule has 2 rings (SSSR count). The monoisotopic (exact) mass is 221 g/mol. The number of morpholine rings is 1. The molecule has 0 amide bonds. The van der Waals surface area contributed by atoms with Crippen LogP contribution in [0, 0.1) is 0 Å². The first-order chi connectivity index (χ1) is 7.90. The zero-order valence-corrected chi connectivity index (χ0v) is 9.74. The molecule has 16 heavy (non-hydrogen) atoms. The van der Waals surface area contributed by atoms with Gasteiger partial charge in [0.25, 0.3) is 0 Å². The largest absolute Gasteiger partial charge is 0.384 e. The summed E-state index contributed by atoms with van der Waals surface area (Å²) in [5.41, 5.74) is 2.57. The summed E-state index contributed by atoms with van der Waals surface area (Å²) in [5, 5.41) is 3.34. The van der Waals surface area contributed by atoms with Crippen LogP contribution in [0.25, 0.3) is 0 Å².